The van der Waals surface area contributed by atoms with Gasteiger partial charge < -0.3 is 28.7 Å². The van der Waals surface area contributed by atoms with Crippen LogP contribution in [0.3, 0.4) is 0 Å². The number of fused-ring (bicyclic) bond motifs is 2. The third-order valence-corrected chi connectivity index (χ3v) is 7.48. The molecule has 1 spiro atoms. The minimum absolute atomic E-state index is 0.0700. The lowest BCUT2D eigenvalue weighted by atomic mass is 9.76. The van der Waals surface area contributed by atoms with Gasteiger partial charge in [-0.3, -0.25) is 14.4 Å². The number of hydrogen-bond donors (Lipinski definition) is 0. The average molecular weight is 454 g/mol. The number of likely N-dealkylation sites (tertiary alicyclic amines) is 1. The van der Waals surface area contributed by atoms with Crippen LogP contribution in [0.15, 0.2) is 30.4 Å². The third kappa shape index (κ3) is 3.05. The van der Waals surface area contributed by atoms with Crippen molar-refractivity contribution in [3.05, 3.63) is 30.4 Å². The van der Waals surface area contributed by atoms with Gasteiger partial charge in [0.05, 0.1) is 37.0 Å². The summed E-state index contributed by atoms with van der Waals surface area (Å²) in [5.41, 5.74) is -0.0863. The molecule has 0 aromatic heterocycles. The summed E-state index contributed by atoms with van der Waals surface area (Å²) in [5, 5.41) is 0. The fourth-order valence-electron chi connectivity index (χ4n) is 5.86. The van der Waals surface area contributed by atoms with Crippen molar-refractivity contribution in [2.45, 2.75) is 31.5 Å². The second kappa shape index (κ2) is 7.48. The molecular weight excluding hydrogens is 428 g/mol. The van der Waals surface area contributed by atoms with Crippen LogP contribution in [-0.4, -0.2) is 67.4 Å². The van der Waals surface area contributed by atoms with Gasteiger partial charge in [0.15, 0.2) is 11.5 Å². The Balaban J connectivity index is 1.20. The van der Waals surface area contributed by atoms with Crippen molar-refractivity contribution in [3.8, 4) is 11.5 Å². The van der Waals surface area contributed by atoms with Crippen LogP contribution in [-0.2, 0) is 23.9 Å². The van der Waals surface area contributed by atoms with Crippen molar-refractivity contribution < 1.29 is 33.3 Å². The van der Waals surface area contributed by atoms with Gasteiger partial charge in [-0.2, -0.15) is 0 Å². The number of amides is 2. The summed E-state index contributed by atoms with van der Waals surface area (Å²) in [5.74, 6) is -0.409. The van der Waals surface area contributed by atoms with Crippen LogP contribution in [0.4, 0.5) is 5.69 Å². The van der Waals surface area contributed by atoms with Gasteiger partial charge in [-0.05, 0) is 31.9 Å². The predicted molar refractivity (Wildman–Crippen MR) is 115 cm³/mol. The zero-order chi connectivity index (χ0) is 22.7. The third-order valence-electron chi connectivity index (χ3n) is 7.48. The molecule has 9 nitrogen and oxygen atoms in total. The number of carbonyl (C=O) groups is 3. The van der Waals surface area contributed by atoms with Crippen LogP contribution < -0.4 is 14.4 Å². The van der Waals surface area contributed by atoms with Gasteiger partial charge in [-0.15, -0.1) is 0 Å². The van der Waals surface area contributed by atoms with Crippen LogP contribution >= 0.6 is 0 Å². The number of piperidine rings is 1. The van der Waals surface area contributed by atoms with E-state index >= 15 is 0 Å². The average Bonchev–Trinajstić information content (AvgIpc) is 3.59. The first-order valence-corrected chi connectivity index (χ1v) is 11.5. The van der Waals surface area contributed by atoms with E-state index in [2.05, 4.69) is 0 Å². The topological polar surface area (TPSA) is 94.6 Å². The van der Waals surface area contributed by atoms with E-state index in [1.54, 1.807) is 28.9 Å². The van der Waals surface area contributed by atoms with Crippen molar-refractivity contribution in [1.29, 1.82) is 0 Å². The second-order valence-electron chi connectivity index (χ2n) is 9.21. The van der Waals surface area contributed by atoms with E-state index in [-0.39, 0.29) is 30.5 Å². The van der Waals surface area contributed by atoms with E-state index in [4.69, 9.17) is 18.9 Å². The standard InChI is InChI=1S/C24H26N2O7/c1-2-30-23(29)14-6-9-25(10-7-14)21(27)19-17-5-8-24(33-17)12-26(22(28)20(19)24)15-3-4-16-18(11-15)32-13-31-16/h3-5,8,11,14,17,19-20H,2,6-7,9-10,12-13H2,1H3/t17-,19+,20-,24-/m1/s1. The molecule has 3 saturated heterocycles. The molecule has 0 aliphatic carbocycles. The summed E-state index contributed by atoms with van der Waals surface area (Å²) in [6.45, 7) is 3.63. The van der Waals surface area contributed by atoms with Gasteiger partial charge in [-0.1, -0.05) is 12.2 Å². The first-order chi connectivity index (χ1) is 16.0. The lowest BCUT2D eigenvalue weighted by Crippen LogP contribution is -2.49. The Kier molecular flexibility index (Phi) is 4.65. The molecular formula is C24H26N2O7. The minimum atomic E-state index is -0.790. The monoisotopic (exact) mass is 454 g/mol. The Morgan fingerprint density at radius 2 is 1.97 bits per heavy atom. The highest BCUT2D eigenvalue weighted by Gasteiger charge is 2.67. The molecule has 0 unspecified atom stereocenters. The predicted octanol–water partition coefficient (Wildman–Crippen LogP) is 1.50. The number of nitrogens with zero attached hydrogens (tertiary/aromatic N) is 2. The molecule has 1 aromatic rings. The summed E-state index contributed by atoms with van der Waals surface area (Å²) >= 11 is 0. The minimum Gasteiger partial charge on any atom is -0.466 e. The molecule has 5 heterocycles. The molecule has 0 N–H and O–H groups in total. The number of carbonyl (C=O) groups excluding carboxylic acids is 3. The summed E-state index contributed by atoms with van der Waals surface area (Å²) < 4.78 is 22.2. The second-order valence-corrected chi connectivity index (χ2v) is 9.21. The maximum atomic E-state index is 13.6. The summed E-state index contributed by atoms with van der Waals surface area (Å²) in [6.07, 6.45) is 4.62. The van der Waals surface area contributed by atoms with E-state index in [1.165, 1.54) is 0 Å². The fraction of sp³-hybridized carbons (Fsp3) is 0.542. The van der Waals surface area contributed by atoms with Crippen molar-refractivity contribution in [3.63, 3.8) is 0 Å². The Bertz CT molecular complexity index is 1050. The fourth-order valence-corrected chi connectivity index (χ4v) is 5.86. The van der Waals surface area contributed by atoms with Gasteiger partial charge in [0.25, 0.3) is 0 Å². The van der Waals surface area contributed by atoms with E-state index in [9.17, 15) is 14.4 Å². The highest BCUT2D eigenvalue weighted by atomic mass is 16.7. The van der Waals surface area contributed by atoms with Crippen molar-refractivity contribution in [2.24, 2.45) is 17.8 Å². The molecule has 5 aliphatic heterocycles. The van der Waals surface area contributed by atoms with Gasteiger partial charge in [0.1, 0.15) is 5.60 Å². The van der Waals surface area contributed by atoms with Crippen LogP contribution in [0, 0.1) is 17.8 Å². The molecule has 174 valence electrons. The largest absolute Gasteiger partial charge is 0.466 e. The van der Waals surface area contributed by atoms with Crippen LogP contribution in [0.5, 0.6) is 11.5 Å². The Morgan fingerprint density at radius 1 is 1.18 bits per heavy atom. The van der Waals surface area contributed by atoms with Gasteiger partial charge >= 0.3 is 5.97 Å². The number of ether oxygens (including phenoxy) is 4. The van der Waals surface area contributed by atoms with Crippen molar-refractivity contribution in [1.82, 2.24) is 4.90 Å². The molecule has 2 bridgehead atoms. The molecule has 0 radical (unpaired) electrons. The van der Waals surface area contributed by atoms with E-state index in [0.29, 0.717) is 56.3 Å². The molecule has 33 heavy (non-hydrogen) atoms. The van der Waals surface area contributed by atoms with Crippen molar-refractivity contribution in [2.75, 3.05) is 37.9 Å². The van der Waals surface area contributed by atoms with Gasteiger partial charge in [-0.25, -0.2) is 0 Å². The number of hydrogen-bond acceptors (Lipinski definition) is 7. The molecule has 2 amide bonds. The molecule has 4 atom stereocenters. The lowest BCUT2D eigenvalue weighted by Gasteiger charge is -2.34. The zero-order valence-corrected chi connectivity index (χ0v) is 18.4. The number of esters is 1. The normalized spacial score (nSPS) is 31.9. The van der Waals surface area contributed by atoms with Crippen LogP contribution in [0.25, 0.3) is 0 Å². The van der Waals surface area contributed by atoms with Crippen LogP contribution in [0.2, 0.25) is 0 Å². The number of benzene rings is 1. The zero-order valence-electron chi connectivity index (χ0n) is 18.4. The molecule has 6 rings (SSSR count). The smallest absolute Gasteiger partial charge is 0.309 e. The summed E-state index contributed by atoms with van der Waals surface area (Å²) in [7, 11) is 0. The Hall–Kier alpha value is -3.07. The first-order valence-electron chi connectivity index (χ1n) is 11.5. The Labute approximate surface area is 191 Å². The maximum Gasteiger partial charge on any atom is 0.309 e. The van der Waals surface area contributed by atoms with Gasteiger partial charge in [0, 0.05) is 24.8 Å². The molecule has 0 saturated carbocycles. The summed E-state index contributed by atoms with van der Waals surface area (Å²) in [6, 6.07) is 5.42. The highest BCUT2D eigenvalue weighted by molar-refractivity contribution is 6.03. The molecule has 1 aromatic carbocycles. The molecule has 9 heteroatoms. The summed E-state index contributed by atoms with van der Waals surface area (Å²) in [4.78, 5) is 42.7. The van der Waals surface area contributed by atoms with Gasteiger partial charge in [0.2, 0.25) is 18.6 Å². The van der Waals surface area contributed by atoms with Crippen molar-refractivity contribution >= 4 is 23.5 Å². The highest BCUT2D eigenvalue weighted by Crippen LogP contribution is 2.53. The lowest BCUT2D eigenvalue weighted by molar-refractivity contribution is -0.152. The van der Waals surface area contributed by atoms with Crippen LogP contribution in [0.1, 0.15) is 19.8 Å². The SMILES string of the molecule is CCOC(=O)C1CCN(C(=O)[C@H]2[C@H]3C=C[C@]4(CN(c5ccc6c(c5)OCO6)C(=O)[C@@H]24)O3)CC1. The van der Waals surface area contributed by atoms with E-state index in [0.717, 1.165) is 0 Å². The molecule has 3 fully saturated rings. The van der Waals surface area contributed by atoms with E-state index in [1.807, 2.05) is 18.2 Å². The maximum absolute atomic E-state index is 13.6. The number of rotatable bonds is 4. The quantitative estimate of drug-likeness (QED) is 0.503. The number of anilines is 1. The first kappa shape index (κ1) is 20.5. The van der Waals surface area contributed by atoms with E-state index < -0.39 is 23.5 Å². The Morgan fingerprint density at radius 3 is 2.76 bits per heavy atom. The molecule has 5 aliphatic rings.